The summed E-state index contributed by atoms with van der Waals surface area (Å²) < 4.78 is 0. The molecule has 0 bridgehead atoms. The molecule has 0 aromatic rings. The highest BCUT2D eigenvalue weighted by atomic mass is 15.3. The predicted molar refractivity (Wildman–Crippen MR) is 74.3 cm³/mol. The maximum atomic E-state index is 3.85. The highest BCUT2D eigenvalue weighted by Gasteiger charge is 2.38. The maximum absolute atomic E-state index is 3.85. The normalized spacial score (nSPS) is 33.9. The quantitative estimate of drug-likeness (QED) is 0.765. The molecule has 1 heterocycles. The van der Waals surface area contributed by atoms with Gasteiger partial charge < -0.3 is 5.32 Å². The van der Waals surface area contributed by atoms with E-state index in [2.05, 4.69) is 37.9 Å². The average Bonchev–Trinajstić information content (AvgIpc) is 3.04. The van der Waals surface area contributed by atoms with Gasteiger partial charge in [-0.25, -0.2) is 0 Å². The molecule has 2 heteroatoms. The molecule has 2 aliphatic rings. The zero-order valence-corrected chi connectivity index (χ0v) is 12.1. The van der Waals surface area contributed by atoms with Crippen LogP contribution in [-0.2, 0) is 0 Å². The lowest BCUT2D eigenvalue weighted by Crippen LogP contribution is -2.39. The SMILES string of the molecule is CCC(C)CC(C)NC1CC(C)N(C2CC2)C1. The van der Waals surface area contributed by atoms with Gasteiger partial charge in [0.05, 0.1) is 0 Å². The van der Waals surface area contributed by atoms with Gasteiger partial charge in [-0.2, -0.15) is 0 Å². The van der Waals surface area contributed by atoms with Crippen LogP contribution in [0.1, 0.15) is 59.8 Å². The summed E-state index contributed by atoms with van der Waals surface area (Å²) in [5.74, 6) is 0.857. The fraction of sp³-hybridized carbons (Fsp3) is 1.00. The van der Waals surface area contributed by atoms with E-state index in [1.807, 2.05) is 0 Å². The largest absolute Gasteiger partial charge is 0.310 e. The molecule has 0 radical (unpaired) electrons. The summed E-state index contributed by atoms with van der Waals surface area (Å²) in [6.07, 6.45) is 6.87. The van der Waals surface area contributed by atoms with Crippen molar-refractivity contribution in [3.63, 3.8) is 0 Å². The van der Waals surface area contributed by atoms with Crippen LogP contribution in [0.3, 0.4) is 0 Å². The Morgan fingerprint density at radius 3 is 2.59 bits per heavy atom. The lowest BCUT2D eigenvalue weighted by Gasteiger charge is -2.22. The van der Waals surface area contributed by atoms with E-state index in [-0.39, 0.29) is 0 Å². The highest BCUT2D eigenvalue weighted by Crippen LogP contribution is 2.33. The number of nitrogens with one attached hydrogen (secondary N) is 1. The van der Waals surface area contributed by atoms with Gasteiger partial charge in [-0.1, -0.05) is 20.3 Å². The van der Waals surface area contributed by atoms with Gasteiger partial charge >= 0.3 is 0 Å². The van der Waals surface area contributed by atoms with Gasteiger partial charge in [-0.3, -0.25) is 4.90 Å². The first-order valence-electron chi connectivity index (χ1n) is 7.62. The second kappa shape index (κ2) is 5.71. The van der Waals surface area contributed by atoms with E-state index in [4.69, 9.17) is 0 Å². The third-order valence-electron chi connectivity index (χ3n) is 4.61. The summed E-state index contributed by atoms with van der Waals surface area (Å²) in [5.41, 5.74) is 0. The zero-order chi connectivity index (χ0) is 12.4. The lowest BCUT2D eigenvalue weighted by atomic mass is 9.99. The molecular weight excluding hydrogens is 208 g/mol. The Hall–Kier alpha value is -0.0800. The first-order chi connectivity index (χ1) is 8.10. The zero-order valence-electron chi connectivity index (χ0n) is 12.1. The molecule has 2 rings (SSSR count). The van der Waals surface area contributed by atoms with Crippen LogP contribution in [0.15, 0.2) is 0 Å². The van der Waals surface area contributed by atoms with Crippen molar-refractivity contribution < 1.29 is 0 Å². The summed E-state index contributed by atoms with van der Waals surface area (Å²) in [5, 5.41) is 3.85. The second-order valence-electron chi connectivity index (χ2n) is 6.53. The van der Waals surface area contributed by atoms with E-state index in [9.17, 15) is 0 Å². The molecule has 0 aromatic carbocycles. The van der Waals surface area contributed by atoms with Gasteiger partial charge in [-0.05, 0) is 45.4 Å². The third kappa shape index (κ3) is 3.69. The second-order valence-corrected chi connectivity index (χ2v) is 6.53. The van der Waals surface area contributed by atoms with Crippen molar-refractivity contribution in [2.75, 3.05) is 6.54 Å². The Balaban J connectivity index is 1.72. The number of nitrogens with zero attached hydrogens (tertiary/aromatic N) is 1. The first kappa shape index (κ1) is 13.4. The Labute approximate surface area is 107 Å². The van der Waals surface area contributed by atoms with E-state index in [1.54, 1.807) is 0 Å². The molecule has 4 atom stereocenters. The van der Waals surface area contributed by atoms with Crippen LogP contribution in [-0.4, -0.2) is 35.6 Å². The van der Waals surface area contributed by atoms with Gasteiger partial charge in [0, 0.05) is 30.7 Å². The summed E-state index contributed by atoms with van der Waals surface area (Å²) in [6, 6.07) is 3.16. The molecule has 4 unspecified atom stereocenters. The molecule has 1 saturated carbocycles. The maximum Gasteiger partial charge on any atom is 0.0212 e. The number of rotatable bonds is 6. The van der Waals surface area contributed by atoms with E-state index in [1.165, 1.54) is 38.6 Å². The topological polar surface area (TPSA) is 15.3 Å². The molecule has 17 heavy (non-hydrogen) atoms. The molecule has 1 N–H and O–H groups in total. The fourth-order valence-electron chi connectivity index (χ4n) is 3.33. The first-order valence-corrected chi connectivity index (χ1v) is 7.62. The van der Waals surface area contributed by atoms with E-state index >= 15 is 0 Å². The molecule has 1 saturated heterocycles. The van der Waals surface area contributed by atoms with Crippen LogP contribution in [0.5, 0.6) is 0 Å². The molecule has 2 fully saturated rings. The molecule has 0 amide bonds. The standard InChI is InChI=1S/C15H30N2/c1-5-11(2)8-12(3)16-14-9-13(4)17(10-14)15-6-7-15/h11-16H,5-10H2,1-4H3. The monoisotopic (exact) mass is 238 g/mol. The minimum Gasteiger partial charge on any atom is -0.310 e. The van der Waals surface area contributed by atoms with Crippen molar-refractivity contribution >= 4 is 0 Å². The van der Waals surface area contributed by atoms with Crippen molar-refractivity contribution in [1.82, 2.24) is 10.2 Å². The van der Waals surface area contributed by atoms with Crippen molar-refractivity contribution in [1.29, 1.82) is 0 Å². The summed E-state index contributed by atoms with van der Waals surface area (Å²) in [6.45, 7) is 10.7. The van der Waals surface area contributed by atoms with Crippen LogP contribution in [0.4, 0.5) is 0 Å². The predicted octanol–water partition coefficient (Wildman–Crippen LogP) is 3.03. The Morgan fingerprint density at radius 1 is 1.29 bits per heavy atom. The van der Waals surface area contributed by atoms with Crippen molar-refractivity contribution in [3.8, 4) is 0 Å². The Morgan fingerprint density at radius 2 is 2.00 bits per heavy atom. The molecule has 1 aliphatic carbocycles. The van der Waals surface area contributed by atoms with Crippen molar-refractivity contribution in [2.24, 2.45) is 5.92 Å². The van der Waals surface area contributed by atoms with Crippen LogP contribution in [0.25, 0.3) is 0 Å². The smallest absolute Gasteiger partial charge is 0.0212 e. The van der Waals surface area contributed by atoms with Gasteiger partial charge in [0.15, 0.2) is 0 Å². The van der Waals surface area contributed by atoms with Crippen LogP contribution >= 0.6 is 0 Å². The summed E-state index contributed by atoms with van der Waals surface area (Å²) >= 11 is 0. The molecule has 1 aliphatic heterocycles. The minimum atomic E-state index is 0.682. The molecule has 0 spiro atoms. The molecule has 0 aromatic heterocycles. The summed E-state index contributed by atoms with van der Waals surface area (Å²) in [7, 11) is 0. The van der Waals surface area contributed by atoms with Gasteiger partial charge in [-0.15, -0.1) is 0 Å². The van der Waals surface area contributed by atoms with Crippen molar-refractivity contribution in [3.05, 3.63) is 0 Å². The van der Waals surface area contributed by atoms with Gasteiger partial charge in [0.25, 0.3) is 0 Å². The average molecular weight is 238 g/mol. The highest BCUT2D eigenvalue weighted by molar-refractivity contribution is 4.96. The number of likely N-dealkylation sites (tertiary alicyclic amines) is 1. The van der Waals surface area contributed by atoms with E-state index in [0.29, 0.717) is 6.04 Å². The molecule has 2 nitrogen and oxygen atoms in total. The van der Waals surface area contributed by atoms with Crippen LogP contribution in [0, 0.1) is 5.92 Å². The number of hydrogen-bond acceptors (Lipinski definition) is 2. The Bertz CT molecular complexity index is 237. The third-order valence-corrected chi connectivity index (χ3v) is 4.61. The fourth-order valence-corrected chi connectivity index (χ4v) is 3.33. The van der Waals surface area contributed by atoms with Gasteiger partial charge in [0.2, 0.25) is 0 Å². The molecular formula is C15H30N2. The van der Waals surface area contributed by atoms with E-state index < -0.39 is 0 Å². The summed E-state index contributed by atoms with van der Waals surface area (Å²) in [4.78, 5) is 2.73. The van der Waals surface area contributed by atoms with Crippen LogP contribution in [0.2, 0.25) is 0 Å². The van der Waals surface area contributed by atoms with E-state index in [0.717, 1.165) is 24.0 Å². The van der Waals surface area contributed by atoms with Crippen molar-refractivity contribution in [2.45, 2.75) is 84.0 Å². The number of hydrogen-bond donors (Lipinski definition) is 1. The minimum absolute atomic E-state index is 0.682. The van der Waals surface area contributed by atoms with Gasteiger partial charge in [0.1, 0.15) is 0 Å². The molecule has 100 valence electrons. The Kier molecular flexibility index (Phi) is 4.48. The van der Waals surface area contributed by atoms with Crippen LogP contribution < -0.4 is 5.32 Å². The lowest BCUT2D eigenvalue weighted by molar-refractivity contribution is 0.253.